The zero-order valence-electron chi connectivity index (χ0n) is 49.7. The summed E-state index contributed by atoms with van der Waals surface area (Å²) >= 11 is 0. The van der Waals surface area contributed by atoms with Crippen molar-refractivity contribution in [1.29, 1.82) is 21.0 Å². The summed E-state index contributed by atoms with van der Waals surface area (Å²) in [5, 5.41) is 101. The van der Waals surface area contributed by atoms with Gasteiger partial charge in [-0.15, -0.1) is 0 Å². The largest absolute Gasteiger partial charge is 0.881 e. The van der Waals surface area contributed by atoms with Gasteiger partial charge < -0.3 is 40.2 Å². The number of hydrogen-bond donors (Lipinski definition) is 0. The van der Waals surface area contributed by atoms with Crippen LogP contribution in [-0.4, -0.2) is 28.5 Å². The molecule has 0 aliphatic rings. The molecular weight excluding hydrogens is 1060 g/mol. The van der Waals surface area contributed by atoms with Crippen molar-refractivity contribution < 1.29 is 76.7 Å². The predicted molar refractivity (Wildman–Crippen MR) is 304 cm³/mol. The maximum absolute atomic E-state index is 8.98. The van der Waals surface area contributed by atoms with E-state index in [-0.39, 0.29) is 0 Å². The fourth-order valence-corrected chi connectivity index (χ4v) is 5.16. The smallest absolute Gasteiger partial charge is 0.168 e. The Balaban J connectivity index is -0.000000418. The van der Waals surface area contributed by atoms with Crippen molar-refractivity contribution >= 4 is 28.5 Å². The van der Waals surface area contributed by atoms with Crippen LogP contribution in [0.1, 0.15) is 55.4 Å². The monoisotopic (exact) mass is 1140 g/mol. The Kier molecular flexibility index (Phi) is 61.5. The van der Waals surface area contributed by atoms with Gasteiger partial charge in [-0.25, -0.2) is 57.6 Å². The molecule has 0 saturated heterocycles. The summed E-state index contributed by atoms with van der Waals surface area (Å²) < 4.78 is 17.0. The van der Waals surface area contributed by atoms with Crippen molar-refractivity contribution in [3.8, 4) is 23.9 Å². The van der Waals surface area contributed by atoms with Crippen LogP contribution in [0.5, 0.6) is 0 Å². The van der Waals surface area contributed by atoms with Crippen LogP contribution in [0.3, 0.4) is 0 Å². The average molecular weight is 1140 g/mol. The first kappa shape index (κ1) is 81.6. The fraction of sp³-hybridized carbons (Fsp3) is 0.267. The molecule has 440 valence electrons. The molecule has 8 aromatic rings. The van der Waals surface area contributed by atoms with Gasteiger partial charge >= 0.3 is 0 Å². The number of hydrogen-bond acceptors (Lipinski definition) is 12. The number of rotatable bonds is 8. The Morgan fingerprint density at radius 1 is 0.202 bits per heavy atom. The summed E-state index contributed by atoms with van der Waals surface area (Å²) in [6.07, 6.45) is 32.9. The van der Waals surface area contributed by atoms with Crippen LogP contribution in [-0.2, 0) is 52.4 Å². The summed E-state index contributed by atoms with van der Waals surface area (Å²) in [6.45, 7) is 25.5. The van der Waals surface area contributed by atoms with Crippen molar-refractivity contribution in [1.82, 2.24) is 0 Å². The van der Waals surface area contributed by atoms with Crippen molar-refractivity contribution in [3.05, 3.63) is 245 Å². The Hall–Kier alpha value is -8.90. The van der Waals surface area contributed by atoms with Gasteiger partial charge in [0, 0.05) is 126 Å². The van der Waals surface area contributed by atoms with Crippen molar-refractivity contribution in [3.63, 3.8) is 0 Å². The van der Waals surface area contributed by atoms with E-state index < -0.39 is 28.5 Å². The summed E-state index contributed by atoms with van der Waals surface area (Å²) in [7, 11) is -9.24. The molecule has 0 fully saturated rings. The lowest BCUT2D eigenvalue weighted by atomic mass is 9.97. The molecule has 20 nitrogen and oxygen atoms in total. The summed E-state index contributed by atoms with van der Waals surface area (Å²) in [4.78, 5) is 0. The summed E-state index contributed by atoms with van der Waals surface area (Å²) in [6, 6.07) is 48.7. The third kappa shape index (κ3) is 60.7. The molecule has 0 unspecified atom stereocenters. The molecule has 8 heterocycles. The van der Waals surface area contributed by atoms with Gasteiger partial charge in [0.05, 0.1) is 0 Å². The van der Waals surface area contributed by atoms with Crippen LogP contribution in [0, 0.1) is 44.9 Å². The molecule has 0 aliphatic heterocycles. The minimum Gasteiger partial charge on any atom is -0.881 e. The van der Waals surface area contributed by atoms with Gasteiger partial charge in [-0.3, -0.25) is 0 Å². The number of pyridine rings is 8. The van der Waals surface area contributed by atoms with E-state index in [1.54, 1.807) is 0 Å². The molecule has 0 saturated carbocycles. The molecule has 24 heteroatoms. The highest BCUT2D eigenvalue weighted by Crippen LogP contribution is 1.80. The first-order valence-corrected chi connectivity index (χ1v) is 26.9. The highest BCUT2D eigenvalue weighted by Gasteiger charge is 1.91. The number of aryl methyl sites for hydroxylation is 8. The van der Waals surface area contributed by atoms with E-state index in [0.29, 0.717) is 0 Å². The summed E-state index contributed by atoms with van der Waals surface area (Å²) in [5.41, 5.74) is 0. The second kappa shape index (κ2) is 63.3. The lowest BCUT2D eigenvalue weighted by Gasteiger charge is -2.12. The maximum atomic E-state index is 8.98. The lowest BCUT2D eigenvalue weighted by molar-refractivity contribution is -0.693. The molecule has 0 atom stereocenters. The molecule has 0 amide bonds. The van der Waals surface area contributed by atoms with Crippen molar-refractivity contribution in [2.24, 2.45) is 0 Å². The van der Waals surface area contributed by atoms with Crippen LogP contribution in [0.2, 0.25) is 0 Å². The zero-order valence-corrected chi connectivity index (χ0v) is 49.7. The molecule has 0 aliphatic carbocycles. The highest BCUT2D eigenvalue weighted by molar-refractivity contribution is 6.47. The average Bonchev–Trinajstić information content (AvgIpc) is 3.57. The number of nitrogens with zero attached hydrogens (tertiary/aromatic N) is 12. The Labute approximate surface area is 500 Å². The molecule has 8 aromatic heterocycles. The van der Waals surface area contributed by atoms with Gasteiger partial charge in [0.25, 0.3) is 0 Å². The third-order valence-electron chi connectivity index (χ3n) is 9.56. The number of nitriles is 4. The van der Waals surface area contributed by atoms with E-state index in [1.165, 1.54) is 0 Å². The molecule has 0 spiro atoms. The molecule has 0 bridgehead atoms. The number of aromatic nitrogens is 8. The van der Waals surface area contributed by atoms with Gasteiger partial charge in [0.2, 0.25) is 0 Å². The molecule has 0 radical (unpaired) electrons. The topological polar surface area (TPSA) is 311 Å². The zero-order chi connectivity index (χ0) is 63.7. The van der Waals surface area contributed by atoms with Crippen LogP contribution >= 0.6 is 0 Å². The van der Waals surface area contributed by atoms with Gasteiger partial charge in [0.15, 0.2) is 99.1 Å². The Morgan fingerprint density at radius 2 is 0.274 bits per heavy atom. The van der Waals surface area contributed by atoms with E-state index >= 15 is 0 Å². The fourth-order valence-electron chi connectivity index (χ4n) is 5.16. The minimum absolute atomic E-state index is 0.917. The minimum atomic E-state index is -2.31. The van der Waals surface area contributed by atoms with Crippen molar-refractivity contribution in [2.75, 3.05) is 0 Å². The van der Waals surface area contributed by atoms with Crippen LogP contribution in [0.15, 0.2) is 245 Å². The molecule has 8 rings (SSSR count). The van der Waals surface area contributed by atoms with E-state index in [1.807, 2.05) is 146 Å². The molecule has 0 aromatic carbocycles. The first-order chi connectivity index (χ1) is 40.5. The van der Waals surface area contributed by atoms with Gasteiger partial charge in [-0.2, -0.15) is 0 Å². The van der Waals surface area contributed by atoms with Gasteiger partial charge in [-0.1, -0.05) is 48.5 Å². The van der Waals surface area contributed by atoms with Gasteiger partial charge in [-0.05, 0) is 79.3 Å². The van der Waals surface area contributed by atoms with Crippen LogP contribution in [0.4, 0.5) is 0 Å². The molecule has 84 heavy (non-hydrogen) atoms. The van der Waals surface area contributed by atoms with E-state index in [0.717, 1.165) is 76.2 Å². The van der Waals surface area contributed by atoms with E-state index in [4.69, 9.17) is 61.2 Å². The van der Waals surface area contributed by atoms with Crippen LogP contribution < -0.4 is 76.7 Å². The quantitative estimate of drug-likeness (QED) is 0.109. The first-order valence-electron chi connectivity index (χ1n) is 26.9. The maximum Gasteiger partial charge on any atom is 0.168 e. The van der Waals surface area contributed by atoms with E-state index in [2.05, 4.69) is 191 Å². The van der Waals surface area contributed by atoms with E-state index in [9.17, 15) is 0 Å². The normalized spacial score (nSPS) is 8.33. The Morgan fingerprint density at radius 3 is 0.310 bits per heavy atom. The summed E-state index contributed by atoms with van der Waals surface area (Å²) in [5.74, 6) is 3.67. The SMILES string of the molecule is CC[n+]1ccccc1.CC[n+]1ccccc1.CC[n+]1ccccc1.CC[n+]1ccccc1.CC[n+]1ccccc1.CC[n+]1ccccc1.CC[n+]1ccccc1.CC[n+]1ccccc1.N#CB([O-])[O-].N#CB([O-])[O-].N#CB([O-])[O-].N#CB([O-])[O-]. The molecular formula is C60H80B4N12O8. The second-order valence-electron chi connectivity index (χ2n) is 15.5. The Bertz CT molecular complexity index is 2240. The lowest BCUT2D eigenvalue weighted by Crippen LogP contribution is -2.43. The second-order valence-corrected chi connectivity index (χ2v) is 15.5. The predicted octanol–water partition coefficient (Wildman–Crippen LogP) is -3.02. The highest BCUT2D eigenvalue weighted by atomic mass is 16.4. The van der Waals surface area contributed by atoms with Crippen LogP contribution in [0.25, 0.3) is 0 Å². The van der Waals surface area contributed by atoms with Crippen molar-refractivity contribution in [2.45, 2.75) is 108 Å². The standard InChI is InChI=1S/8C7H10N.4CBNO2/c8*1-2-8-6-4-3-5-7-8;4*3-1-2(4)5/h8*3-7H,2H2,1H3;;;;/q8*+1;4*-2. The van der Waals surface area contributed by atoms with Gasteiger partial charge in [0.1, 0.15) is 52.4 Å². The third-order valence-corrected chi connectivity index (χ3v) is 9.56. The molecule has 0 N–H and O–H groups in total.